The molecule has 0 spiro atoms. The number of piperazine rings is 1. The lowest BCUT2D eigenvalue weighted by Crippen LogP contribution is -2.50. The molecule has 2 heterocycles. The molecule has 0 aromatic rings. The molecule has 2 saturated heterocycles. The van der Waals surface area contributed by atoms with Gasteiger partial charge in [-0.25, -0.2) is 0 Å². The van der Waals surface area contributed by atoms with Gasteiger partial charge in [-0.15, -0.1) is 0 Å². The molecule has 0 aliphatic carbocycles. The van der Waals surface area contributed by atoms with E-state index in [0.717, 1.165) is 26.2 Å². The molecule has 0 unspecified atom stereocenters. The van der Waals surface area contributed by atoms with E-state index < -0.39 is 0 Å². The lowest BCUT2D eigenvalue weighted by molar-refractivity contribution is -0.134. The minimum atomic E-state index is 0.0410. The van der Waals surface area contributed by atoms with Crippen LogP contribution in [0, 0.1) is 0 Å². The highest BCUT2D eigenvalue weighted by molar-refractivity contribution is 5.81. The fraction of sp³-hybridized carbons (Fsp3) is 0.833. The summed E-state index contributed by atoms with van der Waals surface area (Å²) in [5.74, 6) is 0.181. The van der Waals surface area contributed by atoms with Gasteiger partial charge in [0, 0.05) is 51.7 Å². The summed E-state index contributed by atoms with van der Waals surface area (Å²) < 4.78 is 0. The minimum absolute atomic E-state index is 0.0410. The number of carbonyl (C=O) groups excluding carboxylic acids is 2. The normalized spacial score (nSPS) is 26.6. The quantitative estimate of drug-likeness (QED) is 0.638. The largest absolute Gasteiger partial charge is 0.354 e. The van der Waals surface area contributed by atoms with E-state index in [-0.39, 0.29) is 17.9 Å². The van der Waals surface area contributed by atoms with Crippen LogP contribution in [0.3, 0.4) is 0 Å². The number of hydrogen-bond donors (Lipinski definition) is 2. The van der Waals surface area contributed by atoms with E-state index in [9.17, 15) is 9.59 Å². The van der Waals surface area contributed by atoms with Gasteiger partial charge in [-0.05, 0) is 6.92 Å². The third-order valence-corrected chi connectivity index (χ3v) is 3.60. The summed E-state index contributed by atoms with van der Waals surface area (Å²) in [4.78, 5) is 27.6. The Kier molecular flexibility index (Phi) is 4.54. The number of rotatable bonds is 2. The van der Waals surface area contributed by atoms with E-state index in [4.69, 9.17) is 0 Å². The van der Waals surface area contributed by atoms with Crippen LogP contribution in [-0.4, -0.2) is 73.5 Å². The smallest absolute Gasteiger partial charge is 0.237 e. The summed E-state index contributed by atoms with van der Waals surface area (Å²) in [6.07, 6.45) is 0.414. The van der Waals surface area contributed by atoms with Gasteiger partial charge >= 0.3 is 0 Å². The predicted octanol–water partition coefficient (Wildman–Crippen LogP) is -1.37. The molecule has 0 radical (unpaired) electrons. The van der Waals surface area contributed by atoms with Crippen molar-refractivity contribution in [2.75, 3.05) is 45.8 Å². The van der Waals surface area contributed by atoms with Crippen LogP contribution < -0.4 is 10.6 Å². The molecule has 0 bridgehead atoms. The Balaban J connectivity index is 1.88. The Morgan fingerprint density at radius 1 is 1.33 bits per heavy atom. The third kappa shape index (κ3) is 3.43. The van der Waals surface area contributed by atoms with Crippen molar-refractivity contribution in [2.24, 2.45) is 0 Å². The second kappa shape index (κ2) is 6.15. The van der Waals surface area contributed by atoms with Gasteiger partial charge in [0.2, 0.25) is 11.8 Å². The molecule has 0 saturated carbocycles. The van der Waals surface area contributed by atoms with Gasteiger partial charge in [0.05, 0.1) is 6.54 Å². The van der Waals surface area contributed by atoms with Gasteiger partial charge in [0.25, 0.3) is 0 Å². The molecule has 6 heteroatoms. The fourth-order valence-corrected chi connectivity index (χ4v) is 2.42. The van der Waals surface area contributed by atoms with Crippen molar-refractivity contribution in [3.63, 3.8) is 0 Å². The topological polar surface area (TPSA) is 64.7 Å². The first-order valence-electron chi connectivity index (χ1n) is 6.66. The first-order chi connectivity index (χ1) is 8.66. The van der Waals surface area contributed by atoms with Gasteiger partial charge in [-0.2, -0.15) is 0 Å². The molecular formula is C12H22N4O2. The molecule has 102 valence electrons. The third-order valence-electron chi connectivity index (χ3n) is 3.60. The molecule has 18 heavy (non-hydrogen) atoms. The number of carbonyl (C=O) groups is 2. The van der Waals surface area contributed by atoms with Crippen LogP contribution in [0.1, 0.15) is 13.3 Å². The molecule has 6 nitrogen and oxygen atoms in total. The first-order valence-corrected chi connectivity index (χ1v) is 6.66. The molecule has 2 rings (SSSR count). The molecule has 2 aliphatic heterocycles. The van der Waals surface area contributed by atoms with Crippen LogP contribution >= 0.6 is 0 Å². The van der Waals surface area contributed by atoms with Gasteiger partial charge in [-0.1, -0.05) is 0 Å². The Hall–Kier alpha value is -1.14. The van der Waals surface area contributed by atoms with Gasteiger partial charge in [0.1, 0.15) is 0 Å². The summed E-state index contributed by atoms with van der Waals surface area (Å²) >= 11 is 0. The fourth-order valence-electron chi connectivity index (χ4n) is 2.42. The van der Waals surface area contributed by atoms with Crippen molar-refractivity contribution in [1.29, 1.82) is 0 Å². The number of nitrogens with zero attached hydrogens (tertiary/aromatic N) is 2. The van der Waals surface area contributed by atoms with Crippen LogP contribution in [0.2, 0.25) is 0 Å². The van der Waals surface area contributed by atoms with E-state index in [1.165, 1.54) is 0 Å². The zero-order valence-corrected chi connectivity index (χ0v) is 10.9. The number of hydrogen-bond acceptors (Lipinski definition) is 4. The minimum Gasteiger partial charge on any atom is -0.354 e. The maximum atomic E-state index is 12.3. The van der Waals surface area contributed by atoms with Crippen molar-refractivity contribution < 1.29 is 9.59 Å². The van der Waals surface area contributed by atoms with Crippen molar-refractivity contribution >= 4 is 11.8 Å². The van der Waals surface area contributed by atoms with Crippen molar-refractivity contribution in [1.82, 2.24) is 20.4 Å². The van der Waals surface area contributed by atoms with Gasteiger partial charge < -0.3 is 15.5 Å². The zero-order valence-electron chi connectivity index (χ0n) is 10.9. The average Bonchev–Trinajstić information content (AvgIpc) is 2.53. The van der Waals surface area contributed by atoms with E-state index >= 15 is 0 Å². The number of amides is 2. The summed E-state index contributed by atoms with van der Waals surface area (Å²) in [6.45, 7) is 7.30. The van der Waals surface area contributed by atoms with E-state index in [1.54, 1.807) is 0 Å². The molecule has 0 aromatic heterocycles. The first kappa shape index (κ1) is 13.3. The predicted molar refractivity (Wildman–Crippen MR) is 68.1 cm³/mol. The van der Waals surface area contributed by atoms with Crippen molar-refractivity contribution in [3.8, 4) is 0 Å². The molecular weight excluding hydrogens is 232 g/mol. The van der Waals surface area contributed by atoms with Crippen molar-refractivity contribution in [2.45, 2.75) is 19.4 Å². The van der Waals surface area contributed by atoms with E-state index in [2.05, 4.69) is 15.5 Å². The highest BCUT2D eigenvalue weighted by Gasteiger charge is 2.25. The van der Waals surface area contributed by atoms with E-state index in [0.29, 0.717) is 26.1 Å². The summed E-state index contributed by atoms with van der Waals surface area (Å²) in [5.41, 5.74) is 0. The van der Waals surface area contributed by atoms with E-state index in [1.807, 2.05) is 11.8 Å². The molecule has 0 aromatic carbocycles. The maximum Gasteiger partial charge on any atom is 0.237 e. The van der Waals surface area contributed by atoms with Crippen LogP contribution in [0.5, 0.6) is 0 Å². The Labute approximate surface area is 108 Å². The monoisotopic (exact) mass is 254 g/mol. The van der Waals surface area contributed by atoms with Crippen LogP contribution in [0.15, 0.2) is 0 Å². The second-order valence-electron chi connectivity index (χ2n) is 5.02. The SMILES string of the molecule is C[C@@H]1CNC(=O)CCN1C(=O)CN1CCNCC1. The Morgan fingerprint density at radius 2 is 2.06 bits per heavy atom. The second-order valence-corrected chi connectivity index (χ2v) is 5.02. The van der Waals surface area contributed by atoms with Gasteiger partial charge in [0.15, 0.2) is 0 Å². The molecule has 2 amide bonds. The van der Waals surface area contributed by atoms with Crippen LogP contribution in [-0.2, 0) is 9.59 Å². The lowest BCUT2D eigenvalue weighted by atomic mass is 10.2. The van der Waals surface area contributed by atoms with Crippen LogP contribution in [0.4, 0.5) is 0 Å². The average molecular weight is 254 g/mol. The lowest BCUT2D eigenvalue weighted by Gasteiger charge is -2.31. The van der Waals surface area contributed by atoms with Crippen molar-refractivity contribution in [3.05, 3.63) is 0 Å². The summed E-state index contributed by atoms with van der Waals surface area (Å²) in [7, 11) is 0. The molecule has 1 atom stereocenters. The Morgan fingerprint density at radius 3 is 2.78 bits per heavy atom. The van der Waals surface area contributed by atoms with Crippen LogP contribution in [0.25, 0.3) is 0 Å². The molecule has 2 N–H and O–H groups in total. The highest BCUT2D eigenvalue weighted by Crippen LogP contribution is 2.06. The number of nitrogens with one attached hydrogen (secondary N) is 2. The zero-order chi connectivity index (χ0) is 13.0. The molecule has 2 aliphatic rings. The highest BCUT2D eigenvalue weighted by atomic mass is 16.2. The Bertz CT molecular complexity index is 315. The molecule has 2 fully saturated rings. The van der Waals surface area contributed by atoms with Gasteiger partial charge in [-0.3, -0.25) is 14.5 Å². The standard InChI is InChI=1S/C12H22N4O2/c1-10-8-14-11(17)2-5-16(10)12(18)9-15-6-3-13-4-7-15/h10,13H,2-9H2,1H3,(H,14,17)/t10-/m1/s1. The maximum absolute atomic E-state index is 12.3. The summed E-state index contributed by atoms with van der Waals surface area (Å²) in [6, 6.07) is 0.0897. The summed E-state index contributed by atoms with van der Waals surface area (Å²) in [5, 5.41) is 6.10.